The molecule has 1 aliphatic carbocycles. The fourth-order valence-corrected chi connectivity index (χ4v) is 3.61. The Morgan fingerprint density at radius 2 is 1.12 bits per heavy atom. The van der Waals surface area contributed by atoms with Crippen molar-refractivity contribution in [3.63, 3.8) is 0 Å². The molecule has 0 radical (unpaired) electrons. The molecule has 0 spiro atoms. The van der Waals surface area contributed by atoms with Crippen molar-refractivity contribution in [3.8, 4) is 11.4 Å². The maximum Gasteiger partial charge on any atom is 0.0938 e. The maximum absolute atomic E-state index is 4.62. The van der Waals surface area contributed by atoms with Gasteiger partial charge in [-0.1, -0.05) is 12.1 Å². The fourth-order valence-electron chi connectivity index (χ4n) is 3.61. The van der Waals surface area contributed by atoms with Gasteiger partial charge in [0.05, 0.1) is 23.5 Å². The Morgan fingerprint density at radius 1 is 0.667 bits per heavy atom. The summed E-state index contributed by atoms with van der Waals surface area (Å²) < 4.78 is 0. The van der Waals surface area contributed by atoms with Crippen LogP contribution in [0.4, 0.5) is 0 Å². The van der Waals surface area contributed by atoms with E-state index in [1.54, 1.807) is 0 Å². The number of pyridine rings is 2. The van der Waals surface area contributed by atoms with Gasteiger partial charge in [0.2, 0.25) is 0 Å². The van der Waals surface area contributed by atoms with Crippen LogP contribution >= 0.6 is 0 Å². The molecule has 1 aliphatic heterocycles. The fraction of sp³-hybridized carbons (Fsp3) is 0.444. The second-order valence-corrected chi connectivity index (χ2v) is 6.25. The minimum Gasteiger partial charge on any atom is -0.314 e. The molecule has 1 saturated heterocycles. The third-order valence-corrected chi connectivity index (χ3v) is 4.72. The van der Waals surface area contributed by atoms with Crippen molar-refractivity contribution in [2.45, 2.75) is 12.1 Å². The maximum atomic E-state index is 4.62. The average Bonchev–Trinajstić information content (AvgIpc) is 2.62. The zero-order valence-electron chi connectivity index (χ0n) is 13.8. The van der Waals surface area contributed by atoms with Crippen LogP contribution in [0, 0.1) is 0 Å². The van der Waals surface area contributed by atoms with Crippen LogP contribution in [-0.4, -0.2) is 49.2 Å². The molecule has 2 atom stereocenters. The number of aromatic nitrogens is 2. The van der Waals surface area contributed by atoms with Gasteiger partial charge in [0.25, 0.3) is 0 Å². The Hall–Kier alpha value is -1.86. The molecular weight excluding hydrogens is 300 g/mol. The second kappa shape index (κ2) is 7.36. The molecule has 2 aliphatic rings. The zero-order valence-corrected chi connectivity index (χ0v) is 13.8. The van der Waals surface area contributed by atoms with Crippen molar-refractivity contribution in [2.24, 2.45) is 0 Å². The molecular formula is C18H24N6. The molecule has 24 heavy (non-hydrogen) atoms. The van der Waals surface area contributed by atoms with Crippen LogP contribution in [0.25, 0.3) is 11.4 Å². The molecule has 4 rings (SSSR count). The minimum absolute atomic E-state index is 0.201. The predicted molar refractivity (Wildman–Crippen MR) is 94.7 cm³/mol. The van der Waals surface area contributed by atoms with Crippen molar-refractivity contribution >= 4 is 0 Å². The first-order valence-corrected chi connectivity index (χ1v) is 8.73. The van der Waals surface area contributed by atoms with Crippen LogP contribution in [-0.2, 0) is 0 Å². The largest absolute Gasteiger partial charge is 0.314 e. The third kappa shape index (κ3) is 3.06. The number of rotatable bonds is 0. The van der Waals surface area contributed by atoms with E-state index < -0.39 is 0 Å². The molecule has 1 fully saturated rings. The van der Waals surface area contributed by atoms with E-state index in [0.717, 1.165) is 50.7 Å². The van der Waals surface area contributed by atoms with Gasteiger partial charge in [0.1, 0.15) is 0 Å². The average molecular weight is 324 g/mol. The van der Waals surface area contributed by atoms with Crippen LogP contribution in [0.3, 0.4) is 0 Å². The summed E-state index contributed by atoms with van der Waals surface area (Å²) in [6.07, 6.45) is 3.71. The predicted octanol–water partition coefficient (Wildman–Crippen LogP) is 0.611. The Morgan fingerprint density at radius 3 is 1.62 bits per heavy atom. The summed E-state index contributed by atoms with van der Waals surface area (Å²) in [5.41, 5.74) is 4.46. The van der Waals surface area contributed by atoms with Crippen molar-refractivity contribution < 1.29 is 0 Å². The van der Waals surface area contributed by atoms with Gasteiger partial charge >= 0.3 is 0 Å². The standard InChI is InChI=1S/C18H24N6/c1-3-13-15(21-5-1)16-14(4-2-6-22-16)18-17(13)23-11-9-19-7-8-20-10-12-24-18/h1-6,17-20,23-24H,7-12H2. The normalized spacial score (nSPS) is 24.7. The van der Waals surface area contributed by atoms with Crippen LogP contribution < -0.4 is 21.3 Å². The first-order valence-electron chi connectivity index (χ1n) is 8.73. The molecule has 0 amide bonds. The van der Waals surface area contributed by atoms with Gasteiger partial charge < -0.3 is 21.3 Å². The molecule has 2 aromatic rings. The Bertz CT molecular complexity index is 629. The minimum atomic E-state index is 0.201. The van der Waals surface area contributed by atoms with E-state index in [-0.39, 0.29) is 12.1 Å². The second-order valence-electron chi connectivity index (χ2n) is 6.25. The number of fused-ring (bicyclic) bond motifs is 6. The zero-order chi connectivity index (χ0) is 16.2. The SMILES string of the molecule is c1cnc2c(c1)C1NCCNCCNCCNC1c1cccnc1-2. The van der Waals surface area contributed by atoms with Gasteiger partial charge in [-0.2, -0.15) is 0 Å². The number of nitrogens with one attached hydrogen (secondary N) is 4. The van der Waals surface area contributed by atoms with Gasteiger partial charge in [0, 0.05) is 51.7 Å². The third-order valence-electron chi connectivity index (χ3n) is 4.72. The van der Waals surface area contributed by atoms with E-state index in [9.17, 15) is 0 Å². The quantitative estimate of drug-likeness (QED) is 0.569. The van der Waals surface area contributed by atoms with Gasteiger partial charge in [-0.25, -0.2) is 0 Å². The molecule has 6 nitrogen and oxygen atoms in total. The highest BCUT2D eigenvalue weighted by molar-refractivity contribution is 5.67. The van der Waals surface area contributed by atoms with Crippen LogP contribution in [0.15, 0.2) is 36.7 Å². The molecule has 126 valence electrons. The van der Waals surface area contributed by atoms with Crippen LogP contribution in [0.2, 0.25) is 0 Å². The summed E-state index contributed by atoms with van der Waals surface area (Å²) in [6.45, 7) is 5.77. The van der Waals surface area contributed by atoms with E-state index in [0.29, 0.717) is 0 Å². The lowest BCUT2D eigenvalue weighted by Crippen LogP contribution is -2.44. The summed E-state index contributed by atoms with van der Waals surface area (Å²) in [5.74, 6) is 0. The topological polar surface area (TPSA) is 73.9 Å². The smallest absolute Gasteiger partial charge is 0.0938 e. The van der Waals surface area contributed by atoms with E-state index in [4.69, 9.17) is 0 Å². The highest BCUT2D eigenvalue weighted by Crippen LogP contribution is 2.42. The van der Waals surface area contributed by atoms with E-state index in [1.807, 2.05) is 24.5 Å². The molecule has 2 aromatic heterocycles. The van der Waals surface area contributed by atoms with Crippen molar-refractivity contribution in [2.75, 3.05) is 39.3 Å². The van der Waals surface area contributed by atoms with E-state index in [2.05, 4.69) is 43.4 Å². The lowest BCUT2D eigenvalue weighted by atomic mass is 9.84. The summed E-state index contributed by atoms with van der Waals surface area (Å²) >= 11 is 0. The number of nitrogens with zero attached hydrogens (tertiary/aromatic N) is 2. The highest BCUT2D eigenvalue weighted by Gasteiger charge is 2.34. The molecule has 0 bridgehead atoms. The molecule has 0 saturated carbocycles. The van der Waals surface area contributed by atoms with Crippen molar-refractivity contribution in [1.29, 1.82) is 0 Å². The molecule has 6 heteroatoms. The Kier molecular flexibility index (Phi) is 4.80. The Labute approximate surface area is 142 Å². The van der Waals surface area contributed by atoms with E-state index in [1.165, 1.54) is 11.1 Å². The van der Waals surface area contributed by atoms with Gasteiger partial charge in [0.15, 0.2) is 0 Å². The Balaban J connectivity index is 1.72. The summed E-state index contributed by atoms with van der Waals surface area (Å²) in [7, 11) is 0. The van der Waals surface area contributed by atoms with Gasteiger partial charge in [-0.15, -0.1) is 0 Å². The summed E-state index contributed by atoms with van der Waals surface area (Å²) in [6, 6.07) is 8.77. The van der Waals surface area contributed by atoms with Crippen LogP contribution in [0.5, 0.6) is 0 Å². The summed E-state index contributed by atoms with van der Waals surface area (Å²) in [4.78, 5) is 9.25. The van der Waals surface area contributed by atoms with Crippen LogP contribution in [0.1, 0.15) is 23.2 Å². The van der Waals surface area contributed by atoms with E-state index >= 15 is 0 Å². The number of hydrogen-bond acceptors (Lipinski definition) is 6. The molecule has 3 heterocycles. The molecule has 0 aromatic carbocycles. The molecule has 2 unspecified atom stereocenters. The summed E-state index contributed by atoms with van der Waals surface area (Å²) in [5, 5.41) is 14.4. The molecule has 4 N–H and O–H groups in total. The first-order chi connectivity index (χ1) is 11.9. The monoisotopic (exact) mass is 324 g/mol. The van der Waals surface area contributed by atoms with Crippen molar-refractivity contribution in [1.82, 2.24) is 31.2 Å². The van der Waals surface area contributed by atoms with Gasteiger partial charge in [-0.3, -0.25) is 9.97 Å². The lowest BCUT2D eigenvalue weighted by molar-refractivity contribution is 0.371. The lowest BCUT2D eigenvalue weighted by Gasteiger charge is -2.36. The van der Waals surface area contributed by atoms with Crippen molar-refractivity contribution in [3.05, 3.63) is 47.8 Å². The highest BCUT2D eigenvalue weighted by atomic mass is 15.1. The first kappa shape index (κ1) is 15.7. The van der Waals surface area contributed by atoms with Gasteiger partial charge in [-0.05, 0) is 23.3 Å². The number of hydrogen-bond donors (Lipinski definition) is 4.